The number of aryl methyl sites for hydroxylation is 2. The zero-order valence-electron chi connectivity index (χ0n) is 17.3. The number of halogens is 4. The fraction of sp³-hybridized carbons (Fsp3) is 0.300. The monoisotopic (exact) mass is 526 g/mol. The Labute approximate surface area is 193 Å². The Kier molecular flexibility index (Phi) is 5.84. The first-order valence-corrected chi connectivity index (χ1v) is 11.2. The predicted octanol–water partition coefficient (Wildman–Crippen LogP) is 4.81. The molecule has 0 bridgehead atoms. The summed E-state index contributed by atoms with van der Waals surface area (Å²) in [6.45, 7) is 2.17. The largest absolute Gasteiger partial charge is 0.433 e. The number of carbonyl (C=O) groups is 1. The molecule has 4 aromatic heterocycles. The van der Waals surface area contributed by atoms with E-state index >= 15 is 0 Å². The summed E-state index contributed by atoms with van der Waals surface area (Å²) < 4.78 is 44.4. The summed E-state index contributed by atoms with van der Waals surface area (Å²) in [7, 11) is 3.28. The molecule has 12 heteroatoms. The van der Waals surface area contributed by atoms with Crippen LogP contribution < -0.4 is 0 Å². The van der Waals surface area contributed by atoms with Crippen molar-refractivity contribution in [2.45, 2.75) is 26.1 Å². The van der Waals surface area contributed by atoms with Gasteiger partial charge in [0.1, 0.15) is 0 Å². The van der Waals surface area contributed by atoms with Crippen molar-refractivity contribution in [2.75, 3.05) is 7.05 Å². The number of carbonyl (C=O) groups excluding carboxylic acids is 1. The fourth-order valence-electron chi connectivity index (χ4n) is 3.22. The number of hydrogen-bond acceptors (Lipinski definition) is 5. The minimum Gasteiger partial charge on any atom is -0.334 e. The average Bonchev–Trinajstić information content (AvgIpc) is 3.46. The Morgan fingerprint density at radius 3 is 2.62 bits per heavy atom. The van der Waals surface area contributed by atoms with Crippen LogP contribution in [-0.2, 0) is 26.2 Å². The average molecular weight is 527 g/mol. The molecule has 0 saturated heterocycles. The molecule has 0 aliphatic carbocycles. The number of thiophene rings is 1. The van der Waals surface area contributed by atoms with E-state index in [2.05, 4.69) is 31.1 Å². The summed E-state index contributed by atoms with van der Waals surface area (Å²) in [5, 5.41) is 8.04. The summed E-state index contributed by atoms with van der Waals surface area (Å²) in [4.78, 5) is 20.3. The van der Waals surface area contributed by atoms with Gasteiger partial charge in [0.05, 0.1) is 33.5 Å². The maximum Gasteiger partial charge on any atom is 0.433 e. The van der Waals surface area contributed by atoms with Crippen molar-refractivity contribution >= 4 is 38.8 Å². The second-order valence-electron chi connectivity index (χ2n) is 7.17. The van der Waals surface area contributed by atoms with Gasteiger partial charge in [-0.05, 0) is 40.5 Å². The highest BCUT2D eigenvalue weighted by molar-refractivity contribution is 9.10. The van der Waals surface area contributed by atoms with Crippen molar-refractivity contribution in [2.24, 2.45) is 7.05 Å². The summed E-state index contributed by atoms with van der Waals surface area (Å²) in [5.74, 6) is -0.525. The first kappa shape index (κ1) is 22.5. The fourth-order valence-corrected chi connectivity index (χ4v) is 4.60. The number of amides is 1. The maximum atomic E-state index is 13.8. The van der Waals surface area contributed by atoms with Crippen LogP contribution in [0.3, 0.4) is 0 Å². The van der Waals surface area contributed by atoms with E-state index in [1.807, 2.05) is 13.0 Å². The number of nitrogens with zero attached hydrogens (tertiary/aromatic N) is 6. The van der Waals surface area contributed by atoms with E-state index < -0.39 is 17.8 Å². The molecule has 1 amide bonds. The van der Waals surface area contributed by atoms with Gasteiger partial charge in [-0.3, -0.25) is 9.48 Å². The van der Waals surface area contributed by atoms with Gasteiger partial charge in [0, 0.05) is 25.0 Å². The molecule has 4 rings (SSSR count). The molecule has 0 aliphatic rings. The van der Waals surface area contributed by atoms with Gasteiger partial charge >= 0.3 is 6.18 Å². The van der Waals surface area contributed by atoms with Crippen molar-refractivity contribution in [3.05, 3.63) is 56.9 Å². The highest BCUT2D eigenvalue weighted by Crippen LogP contribution is 2.34. The maximum absolute atomic E-state index is 13.8. The third kappa shape index (κ3) is 4.16. The van der Waals surface area contributed by atoms with Crippen molar-refractivity contribution < 1.29 is 18.0 Å². The molecular weight excluding hydrogens is 509 g/mol. The second kappa shape index (κ2) is 8.32. The molecule has 0 aromatic carbocycles. The number of aromatic nitrogens is 5. The van der Waals surface area contributed by atoms with Crippen LogP contribution in [-0.4, -0.2) is 42.2 Å². The number of alkyl halides is 3. The SMILES string of the molecule is CCc1ccc(-c2cc(C(F)(F)F)n3nc(C(=O)N(C)Cc4c(Br)cnn4C)cc3n2)s1. The first-order chi connectivity index (χ1) is 15.1. The molecule has 0 radical (unpaired) electrons. The minimum atomic E-state index is -4.67. The van der Waals surface area contributed by atoms with Crippen molar-refractivity contribution in [3.8, 4) is 10.6 Å². The van der Waals surface area contributed by atoms with E-state index in [9.17, 15) is 18.0 Å². The van der Waals surface area contributed by atoms with Crippen LogP contribution in [0.4, 0.5) is 13.2 Å². The Morgan fingerprint density at radius 2 is 2.03 bits per heavy atom. The standard InChI is InChI=1S/C20H18BrF3N6OS/c1-4-11-5-6-16(32-11)13-7-17(20(22,23)24)30-18(26-13)8-14(27-30)19(31)28(2)10-15-12(21)9-25-29(15)3/h5-9H,4,10H2,1-3H3. The molecular formula is C20H18BrF3N6OS. The lowest BCUT2D eigenvalue weighted by Crippen LogP contribution is -2.28. The van der Waals surface area contributed by atoms with Gasteiger partial charge in [-0.2, -0.15) is 23.4 Å². The molecule has 0 atom stereocenters. The van der Waals surface area contributed by atoms with E-state index in [0.29, 0.717) is 9.39 Å². The molecule has 0 spiro atoms. The van der Waals surface area contributed by atoms with Crippen LogP contribution in [0.15, 0.2) is 34.9 Å². The second-order valence-corrected chi connectivity index (χ2v) is 9.19. The van der Waals surface area contributed by atoms with Crippen molar-refractivity contribution in [3.63, 3.8) is 0 Å². The third-order valence-electron chi connectivity index (χ3n) is 4.94. The first-order valence-electron chi connectivity index (χ1n) is 9.57. The third-order valence-corrected chi connectivity index (χ3v) is 6.86. The molecule has 32 heavy (non-hydrogen) atoms. The molecule has 7 nitrogen and oxygen atoms in total. The van der Waals surface area contributed by atoms with Gasteiger partial charge in [-0.25, -0.2) is 9.50 Å². The van der Waals surface area contributed by atoms with Crippen LogP contribution in [0, 0.1) is 0 Å². The molecule has 4 aromatic rings. The summed E-state index contributed by atoms with van der Waals surface area (Å²) in [6, 6.07) is 5.88. The number of hydrogen-bond donors (Lipinski definition) is 0. The Balaban J connectivity index is 1.74. The summed E-state index contributed by atoms with van der Waals surface area (Å²) in [5.41, 5.74) is -0.216. The van der Waals surface area contributed by atoms with Gasteiger partial charge in [-0.15, -0.1) is 11.3 Å². The Bertz CT molecular complexity index is 1290. The molecule has 168 valence electrons. The summed E-state index contributed by atoms with van der Waals surface area (Å²) >= 11 is 4.76. The zero-order chi connectivity index (χ0) is 23.2. The van der Waals surface area contributed by atoms with E-state index in [0.717, 1.165) is 27.5 Å². The van der Waals surface area contributed by atoms with E-state index in [1.165, 1.54) is 22.3 Å². The van der Waals surface area contributed by atoms with Gasteiger partial charge in [0.15, 0.2) is 17.0 Å². The van der Waals surface area contributed by atoms with E-state index in [1.54, 1.807) is 31.0 Å². The number of fused-ring (bicyclic) bond motifs is 1. The lowest BCUT2D eigenvalue weighted by molar-refractivity contribution is -0.142. The van der Waals surface area contributed by atoms with Crippen LogP contribution >= 0.6 is 27.3 Å². The molecule has 0 saturated carbocycles. The zero-order valence-corrected chi connectivity index (χ0v) is 19.7. The lowest BCUT2D eigenvalue weighted by atomic mass is 10.2. The highest BCUT2D eigenvalue weighted by atomic mass is 79.9. The topological polar surface area (TPSA) is 68.3 Å². The number of rotatable bonds is 5. The molecule has 4 heterocycles. The van der Waals surface area contributed by atoms with Gasteiger partial charge in [0.25, 0.3) is 5.91 Å². The van der Waals surface area contributed by atoms with E-state index in [4.69, 9.17) is 0 Å². The minimum absolute atomic E-state index is 0.0419. The smallest absolute Gasteiger partial charge is 0.334 e. The highest BCUT2D eigenvalue weighted by Gasteiger charge is 2.36. The van der Waals surface area contributed by atoms with Gasteiger partial charge in [0.2, 0.25) is 0 Å². The molecule has 0 N–H and O–H groups in total. The normalized spacial score (nSPS) is 12.0. The molecule has 0 fully saturated rings. The quantitative estimate of drug-likeness (QED) is 0.374. The molecule has 0 unspecified atom stereocenters. The van der Waals surface area contributed by atoms with Crippen LogP contribution in [0.1, 0.15) is 33.7 Å². The van der Waals surface area contributed by atoms with Crippen LogP contribution in [0.25, 0.3) is 16.2 Å². The van der Waals surface area contributed by atoms with Crippen LogP contribution in [0.2, 0.25) is 0 Å². The lowest BCUT2D eigenvalue weighted by Gasteiger charge is -2.16. The van der Waals surface area contributed by atoms with Gasteiger partial charge in [-0.1, -0.05) is 6.92 Å². The van der Waals surface area contributed by atoms with Crippen molar-refractivity contribution in [1.29, 1.82) is 0 Å². The van der Waals surface area contributed by atoms with Crippen LogP contribution in [0.5, 0.6) is 0 Å². The predicted molar refractivity (Wildman–Crippen MR) is 117 cm³/mol. The van der Waals surface area contributed by atoms with Gasteiger partial charge < -0.3 is 4.90 Å². The summed E-state index contributed by atoms with van der Waals surface area (Å²) in [6.07, 6.45) is -2.28. The Morgan fingerprint density at radius 1 is 1.28 bits per heavy atom. The van der Waals surface area contributed by atoms with E-state index in [-0.39, 0.29) is 23.6 Å². The van der Waals surface area contributed by atoms with Crippen molar-refractivity contribution in [1.82, 2.24) is 29.3 Å². The molecule has 0 aliphatic heterocycles. The Hall–Kier alpha value is -2.73.